The highest BCUT2D eigenvalue weighted by atomic mass is 35.5. The summed E-state index contributed by atoms with van der Waals surface area (Å²) in [6.45, 7) is 3.91. The Hall–Kier alpha value is -0.280. The number of hydrogen-bond acceptors (Lipinski definition) is 2. The fraction of sp³-hybridized carbons (Fsp3) is 0.857. The summed E-state index contributed by atoms with van der Waals surface area (Å²) >= 11 is 0. The van der Waals surface area contributed by atoms with E-state index in [1.807, 2.05) is 13.8 Å². The number of carboxylic acid groups (broad SMARTS) is 1. The molecule has 0 fully saturated rings. The zero-order valence-corrected chi connectivity index (χ0v) is 7.73. The van der Waals surface area contributed by atoms with Crippen molar-refractivity contribution in [2.24, 2.45) is 11.7 Å². The smallest absolute Gasteiger partial charge is 0.320 e. The maximum Gasteiger partial charge on any atom is 0.320 e. The van der Waals surface area contributed by atoms with Crippen molar-refractivity contribution in [2.45, 2.75) is 32.7 Å². The van der Waals surface area contributed by atoms with E-state index in [9.17, 15) is 4.79 Å². The van der Waals surface area contributed by atoms with Crippen molar-refractivity contribution in [3.8, 4) is 0 Å². The number of halogens is 1. The predicted molar refractivity (Wildman–Crippen MR) is 46.9 cm³/mol. The highest BCUT2D eigenvalue weighted by Gasteiger charge is 2.20. The van der Waals surface area contributed by atoms with E-state index >= 15 is 0 Å². The van der Waals surface area contributed by atoms with Crippen LogP contribution in [-0.2, 0) is 4.79 Å². The maximum atomic E-state index is 10.3. The first-order valence-corrected chi connectivity index (χ1v) is 3.61. The van der Waals surface area contributed by atoms with Gasteiger partial charge >= 0.3 is 5.97 Å². The van der Waals surface area contributed by atoms with Crippen LogP contribution in [0.4, 0.5) is 0 Å². The van der Waals surface area contributed by atoms with E-state index in [0.717, 1.165) is 12.8 Å². The van der Waals surface area contributed by atoms with Crippen LogP contribution in [0.15, 0.2) is 0 Å². The Kier molecular flexibility index (Phi) is 7.79. The molecule has 0 rings (SSSR count). The largest absolute Gasteiger partial charge is 0.480 e. The van der Waals surface area contributed by atoms with Crippen molar-refractivity contribution < 1.29 is 9.90 Å². The lowest BCUT2D eigenvalue weighted by atomic mass is 9.95. The van der Waals surface area contributed by atoms with Crippen molar-refractivity contribution in [2.75, 3.05) is 0 Å². The van der Waals surface area contributed by atoms with Gasteiger partial charge in [0, 0.05) is 0 Å². The standard InChI is InChI=1S/C7H15NO2.ClH/c1-3-5(4-2)6(8)7(9)10;/h5-6H,3-4,8H2,1-2H3,(H,9,10);1H. The van der Waals surface area contributed by atoms with E-state index in [-0.39, 0.29) is 18.3 Å². The van der Waals surface area contributed by atoms with Gasteiger partial charge in [-0.2, -0.15) is 0 Å². The first-order valence-electron chi connectivity index (χ1n) is 3.61. The molecule has 0 radical (unpaired) electrons. The number of aliphatic carboxylic acids is 1. The molecule has 0 aromatic rings. The molecule has 0 bridgehead atoms. The van der Waals surface area contributed by atoms with Gasteiger partial charge in [-0.1, -0.05) is 26.7 Å². The third kappa shape index (κ3) is 4.22. The molecule has 0 saturated carbocycles. The molecular formula is C7H16ClNO2. The highest BCUT2D eigenvalue weighted by Crippen LogP contribution is 2.10. The van der Waals surface area contributed by atoms with Crippen LogP contribution in [0.1, 0.15) is 26.7 Å². The van der Waals surface area contributed by atoms with Gasteiger partial charge in [0.15, 0.2) is 0 Å². The average molecular weight is 182 g/mol. The van der Waals surface area contributed by atoms with Crippen molar-refractivity contribution in [1.82, 2.24) is 0 Å². The minimum atomic E-state index is -0.895. The summed E-state index contributed by atoms with van der Waals surface area (Å²) in [5, 5.41) is 8.49. The summed E-state index contributed by atoms with van der Waals surface area (Å²) in [5.41, 5.74) is 5.38. The molecule has 4 heteroatoms. The lowest BCUT2D eigenvalue weighted by molar-refractivity contribution is -0.139. The number of rotatable bonds is 4. The second kappa shape index (κ2) is 6.43. The molecule has 3 nitrogen and oxygen atoms in total. The first kappa shape index (κ1) is 13.3. The third-order valence-electron chi connectivity index (χ3n) is 1.84. The van der Waals surface area contributed by atoms with Crippen molar-refractivity contribution in [3.05, 3.63) is 0 Å². The second-order valence-corrected chi connectivity index (χ2v) is 2.44. The summed E-state index contributed by atoms with van der Waals surface area (Å²) in [4.78, 5) is 10.3. The monoisotopic (exact) mass is 181 g/mol. The highest BCUT2D eigenvalue weighted by molar-refractivity contribution is 5.85. The summed E-state index contributed by atoms with van der Waals surface area (Å²) in [7, 11) is 0. The summed E-state index contributed by atoms with van der Waals surface area (Å²) in [5.74, 6) is -0.772. The summed E-state index contributed by atoms with van der Waals surface area (Å²) < 4.78 is 0. The van der Waals surface area contributed by atoms with Gasteiger partial charge in [-0.25, -0.2) is 0 Å². The topological polar surface area (TPSA) is 63.3 Å². The maximum absolute atomic E-state index is 10.3. The van der Waals surface area contributed by atoms with E-state index < -0.39 is 12.0 Å². The molecule has 0 aliphatic carbocycles. The molecule has 1 atom stereocenters. The van der Waals surface area contributed by atoms with Crippen molar-refractivity contribution >= 4 is 18.4 Å². The number of carboxylic acids is 1. The Morgan fingerprint density at radius 1 is 1.45 bits per heavy atom. The average Bonchev–Trinajstić information content (AvgIpc) is 1.90. The minimum absolute atomic E-state index is 0. The molecule has 0 aromatic carbocycles. The lowest BCUT2D eigenvalue weighted by Crippen LogP contribution is -2.37. The molecule has 0 aliphatic rings. The van der Waals surface area contributed by atoms with E-state index in [2.05, 4.69) is 0 Å². The molecule has 11 heavy (non-hydrogen) atoms. The Morgan fingerprint density at radius 3 is 1.91 bits per heavy atom. The Bertz CT molecular complexity index is 115. The van der Waals surface area contributed by atoms with Crippen LogP contribution in [0.5, 0.6) is 0 Å². The number of nitrogens with two attached hydrogens (primary N) is 1. The lowest BCUT2D eigenvalue weighted by Gasteiger charge is -2.15. The van der Waals surface area contributed by atoms with Gasteiger partial charge in [-0.3, -0.25) is 4.79 Å². The van der Waals surface area contributed by atoms with Gasteiger partial charge in [0.25, 0.3) is 0 Å². The molecule has 0 saturated heterocycles. The van der Waals surface area contributed by atoms with Gasteiger partial charge in [-0.05, 0) is 5.92 Å². The second-order valence-electron chi connectivity index (χ2n) is 2.44. The molecule has 0 amide bonds. The molecule has 68 valence electrons. The zero-order chi connectivity index (χ0) is 8.15. The molecule has 3 N–H and O–H groups in total. The van der Waals surface area contributed by atoms with Crippen molar-refractivity contribution in [3.63, 3.8) is 0 Å². The van der Waals surface area contributed by atoms with Gasteiger partial charge in [-0.15, -0.1) is 12.4 Å². The predicted octanol–water partition coefficient (Wildman–Crippen LogP) is 1.26. The van der Waals surface area contributed by atoms with E-state index in [4.69, 9.17) is 10.8 Å². The SMILES string of the molecule is CCC(CC)C(N)C(=O)O.Cl. The Morgan fingerprint density at radius 2 is 1.82 bits per heavy atom. The van der Waals surface area contributed by atoms with Gasteiger partial charge < -0.3 is 10.8 Å². The summed E-state index contributed by atoms with van der Waals surface area (Å²) in [6.07, 6.45) is 1.67. The van der Waals surface area contributed by atoms with Crippen LogP contribution >= 0.6 is 12.4 Å². The molecule has 0 aliphatic heterocycles. The van der Waals surface area contributed by atoms with E-state index in [1.54, 1.807) is 0 Å². The van der Waals surface area contributed by atoms with Gasteiger partial charge in [0.2, 0.25) is 0 Å². The fourth-order valence-corrected chi connectivity index (χ4v) is 0.998. The van der Waals surface area contributed by atoms with E-state index in [0.29, 0.717) is 0 Å². The Labute approximate surface area is 73.4 Å². The zero-order valence-electron chi connectivity index (χ0n) is 6.91. The molecule has 0 aromatic heterocycles. The molecule has 0 spiro atoms. The minimum Gasteiger partial charge on any atom is -0.480 e. The number of carbonyl (C=O) groups is 1. The van der Waals surface area contributed by atoms with Gasteiger partial charge in [0.1, 0.15) is 6.04 Å². The van der Waals surface area contributed by atoms with Crippen LogP contribution in [0.2, 0.25) is 0 Å². The van der Waals surface area contributed by atoms with Gasteiger partial charge in [0.05, 0.1) is 0 Å². The van der Waals surface area contributed by atoms with Crippen LogP contribution in [0.25, 0.3) is 0 Å². The number of hydrogen-bond donors (Lipinski definition) is 2. The molecule has 1 unspecified atom stereocenters. The Balaban J connectivity index is 0. The van der Waals surface area contributed by atoms with Crippen molar-refractivity contribution in [1.29, 1.82) is 0 Å². The van der Waals surface area contributed by atoms with Crippen LogP contribution in [0, 0.1) is 5.92 Å². The fourth-order valence-electron chi connectivity index (χ4n) is 0.998. The van der Waals surface area contributed by atoms with Crippen LogP contribution in [0.3, 0.4) is 0 Å². The quantitative estimate of drug-likeness (QED) is 0.687. The first-order chi connectivity index (χ1) is 4.63. The molecular weight excluding hydrogens is 166 g/mol. The normalized spacial score (nSPS) is 12.4. The van der Waals surface area contributed by atoms with Crippen LogP contribution < -0.4 is 5.73 Å². The van der Waals surface area contributed by atoms with E-state index in [1.165, 1.54) is 0 Å². The summed E-state index contributed by atoms with van der Waals surface area (Å²) in [6, 6.07) is -0.685. The van der Waals surface area contributed by atoms with Crippen LogP contribution in [-0.4, -0.2) is 17.1 Å². The third-order valence-corrected chi connectivity index (χ3v) is 1.84. The molecule has 0 heterocycles.